The van der Waals surface area contributed by atoms with Gasteiger partial charge in [0.2, 0.25) is 0 Å². The van der Waals surface area contributed by atoms with Crippen molar-refractivity contribution in [3.63, 3.8) is 0 Å². The van der Waals surface area contributed by atoms with Crippen molar-refractivity contribution in [2.45, 2.75) is 25.7 Å². The molecule has 5 heteroatoms. The number of allylic oxidation sites excluding steroid dienone is 1. The second kappa shape index (κ2) is 6.98. The van der Waals surface area contributed by atoms with Crippen molar-refractivity contribution < 1.29 is 0 Å². The van der Waals surface area contributed by atoms with Crippen molar-refractivity contribution in [1.82, 2.24) is 14.9 Å². The van der Waals surface area contributed by atoms with Crippen molar-refractivity contribution in [2.75, 3.05) is 25.5 Å². The molecule has 3 aromatic rings. The number of anilines is 1. The maximum absolute atomic E-state index is 4.61. The van der Waals surface area contributed by atoms with E-state index < -0.39 is 0 Å². The van der Waals surface area contributed by atoms with Crippen molar-refractivity contribution in [3.8, 4) is 10.4 Å². The van der Waals surface area contributed by atoms with E-state index >= 15 is 0 Å². The Morgan fingerprint density at radius 1 is 1.18 bits per heavy atom. The molecule has 0 atom stereocenters. The van der Waals surface area contributed by atoms with Crippen LogP contribution < -0.4 is 5.32 Å². The molecule has 0 bridgehead atoms. The number of thiazole rings is 1. The number of aromatic nitrogens is 2. The zero-order valence-electron chi connectivity index (χ0n) is 16.3. The number of hydrogen-bond acceptors (Lipinski definition) is 5. The van der Waals surface area contributed by atoms with E-state index in [1.807, 2.05) is 17.9 Å². The van der Waals surface area contributed by atoms with Crippen LogP contribution in [0.25, 0.3) is 21.2 Å². The van der Waals surface area contributed by atoms with Gasteiger partial charge in [0, 0.05) is 23.5 Å². The number of nitrogens with one attached hydrogen (secondary N) is 1. The van der Waals surface area contributed by atoms with Crippen LogP contribution in [0.1, 0.15) is 25.7 Å². The molecular formula is C23H26N4S. The predicted octanol–water partition coefficient (Wildman–Crippen LogP) is 5.41. The molecule has 1 aromatic carbocycles. The highest BCUT2D eigenvalue weighted by Crippen LogP contribution is 2.54. The summed E-state index contributed by atoms with van der Waals surface area (Å²) in [7, 11) is 2.23. The van der Waals surface area contributed by atoms with Gasteiger partial charge >= 0.3 is 0 Å². The average Bonchev–Trinajstić information content (AvgIpc) is 3.21. The van der Waals surface area contributed by atoms with Crippen LogP contribution in [-0.4, -0.2) is 35.0 Å². The number of nitrogens with zero attached hydrogens (tertiary/aromatic N) is 3. The Bertz CT molecular complexity index is 995. The number of fused-ring (bicyclic) bond motifs is 1. The largest absolute Gasteiger partial charge is 0.344 e. The lowest BCUT2D eigenvalue weighted by atomic mass is 9.57. The van der Waals surface area contributed by atoms with E-state index in [4.69, 9.17) is 0 Å². The number of pyridine rings is 1. The van der Waals surface area contributed by atoms with Crippen LogP contribution in [-0.2, 0) is 0 Å². The van der Waals surface area contributed by atoms with Crippen LogP contribution in [0, 0.1) is 11.3 Å². The Balaban J connectivity index is 1.28. The molecule has 5 rings (SSSR count). The van der Waals surface area contributed by atoms with Gasteiger partial charge in [-0.15, -0.1) is 11.3 Å². The Morgan fingerprint density at radius 2 is 2.00 bits per heavy atom. The standard InChI is InChI=1S/C23H26N4S/c1-16(20-11-23(12-20)5-7-27(2)8-6-23)26-22-10-19-9-17(21-14-24-15-28-21)3-4-18(19)13-25-22/h3-4,9-10,13-15,20H,1,5-8,11-12H2,2H3,(H,25,26). The molecule has 2 aliphatic rings. The SMILES string of the molecule is C=C(Nc1cc2cc(-c3cncs3)ccc2cn1)C1CC2(CCN(C)CC2)C1. The fourth-order valence-corrected chi connectivity index (χ4v) is 5.34. The zero-order valence-corrected chi connectivity index (χ0v) is 17.1. The molecule has 0 unspecified atom stereocenters. The fourth-order valence-electron chi connectivity index (χ4n) is 4.72. The third kappa shape index (κ3) is 3.33. The molecule has 1 spiro atoms. The Hall–Kier alpha value is -2.24. The maximum Gasteiger partial charge on any atom is 0.130 e. The summed E-state index contributed by atoms with van der Waals surface area (Å²) in [6, 6.07) is 8.62. The van der Waals surface area contributed by atoms with E-state index in [0.29, 0.717) is 11.3 Å². The molecule has 28 heavy (non-hydrogen) atoms. The summed E-state index contributed by atoms with van der Waals surface area (Å²) >= 11 is 1.67. The van der Waals surface area contributed by atoms with Gasteiger partial charge in [-0.3, -0.25) is 4.98 Å². The number of hydrogen-bond donors (Lipinski definition) is 1. The average molecular weight is 391 g/mol. The minimum Gasteiger partial charge on any atom is -0.344 e. The molecule has 3 heterocycles. The second-order valence-electron chi connectivity index (χ2n) is 8.56. The number of piperidine rings is 1. The van der Waals surface area contributed by atoms with Gasteiger partial charge in [-0.1, -0.05) is 18.7 Å². The summed E-state index contributed by atoms with van der Waals surface area (Å²) < 4.78 is 0. The first kappa shape index (κ1) is 17.8. The Morgan fingerprint density at radius 3 is 2.75 bits per heavy atom. The zero-order chi connectivity index (χ0) is 19.1. The number of rotatable bonds is 4. The Kier molecular flexibility index (Phi) is 4.44. The quantitative estimate of drug-likeness (QED) is 0.647. The molecule has 2 aromatic heterocycles. The fraction of sp³-hybridized carbons (Fsp3) is 0.391. The highest BCUT2D eigenvalue weighted by molar-refractivity contribution is 7.13. The third-order valence-corrected chi connectivity index (χ3v) is 7.45. The van der Waals surface area contributed by atoms with E-state index in [1.165, 1.54) is 54.6 Å². The van der Waals surface area contributed by atoms with Crippen LogP contribution >= 0.6 is 11.3 Å². The topological polar surface area (TPSA) is 41.1 Å². The van der Waals surface area contributed by atoms with E-state index in [0.717, 1.165) is 16.9 Å². The van der Waals surface area contributed by atoms with Crippen molar-refractivity contribution in [1.29, 1.82) is 0 Å². The van der Waals surface area contributed by atoms with Crippen molar-refractivity contribution in [2.24, 2.45) is 11.3 Å². The highest BCUT2D eigenvalue weighted by Gasteiger charge is 2.46. The minimum atomic E-state index is 0.572. The normalized spacial score (nSPS) is 19.6. The van der Waals surface area contributed by atoms with Crippen LogP contribution in [0.2, 0.25) is 0 Å². The number of benzene rings is 1. The maximum atomic E-state index is 4.61. The van der Waals surface area contributed by atoms with E-state index in [1.54, 1.807) is 11.3 Å². The van der Waals surface area contributed by atoms with Gasteiger partial charge in [0.25, 0.3) is 0 Å². The van der Waals surface area contributed by atoms with Gasteiger partial charge in [0.1, 0.15) is 5.82 Å². The lowest BCUT2D eigenvalue weighted by molar-refractivity contribution is 0.00833. The van der Waals surface area contributed by atoms with E-state index in [2.05, 4.69) is 58.1 Å². The van der Waals surface area contributed by atoms with Gasteiger partial charge < -0.3 is 10.2 Å². The summed E-state index contributed by atoms with van der Waals surface area (Å²) in [6.07, 6.45) is 9.08. The lowest BCUT2D eigenvalue weighted by Crippen LogP contribution is -2.46. The Labute approximate surface area is 170 Å². The first-order valence-corrected chi connectivity index (χ1v) is 10.9. The predicted molar refractivity (Wildman–Crippen MR) is 118 cm³/mol. The molecule has 1 aliphatic carbocycles. The van der Waals surface area contributed by atoms with E-state index in [9.17, 15) is 0 Å². The summed E-state index contributed by atoms with van der Waals surface area (Å²) in [6.45, 7) is 6.81. The molecule has 2 fully saturated rings. The van der Waals surface area contributed by atoms with E-state index in [-0.39, 0.29) is 0 Å². The number of likely N-dealkylation sites (tertiary alicyclic amines) is 1. The second-order valence-corrected chi connectivity index (χ2v) is 9.44. The summed E-state index contributed by atoms with van der Waals surface area (Å²) in [4.78, 5) is 12.4. The van der Waals surface area contributed by atoms with Crippen LogP contribution in [0.4, 0.5) is 5.82 Å². The van der Waals surface area contributed by atoms with Gasteiger partial charge in [-0.25, -0.2) is 4.98 Å². The molecular weight excluding hydrogens is 364 g/mol. The molecule has 1 saturated carbocycles. The molecule has 0 radical (unpaired) electrons. The van der Waals surface area contributed by atoms with Crippen LogP contribution in [0.5, 0.6) is 0 Å². The van der Waals surface area contributed by atoms with Gasteiger partial charge in [-0.05, 0) is 80.2 Å². The summed E-state index contributed by atoms with van der Waals surface area (Å²) in [5, 5.41) is 5.84. The van der Waals surface area contributed by atoms with Crippen LogP contribution in [0.3, 0.4) is 0 Å². The molecule has 1 N–H and O–H groups in total. The smallest absolute Gasteiger partial charge is 0.130 e. The molecule has 0 amide bonds. The van der Waals surface area contributed by atoms with Gasteiger partial charge in [0.05, 0.1) is 10.4 Å². The summed E-state index contributed by atoms with van der Waals surface area (Å²) in [5.74, 6) is 1.47. The molecule has 4 nitrogen and oxygen atoms in total. The highest BCUT2D eigenvalue weighted by atomic mass is 32.1. The van der Waals surface area contributed by atoms with Crippen LogP contribution in [0.15, 0.2) is 54.4 Å². The first-order chi connectivity index (χ1) is 13.6. The monoisotopic (exact) mass is 390 g/mol. The minimum absolute atomic E-state index is 0.572. The van der Waals surface area contributed by atoms with Gasteiger partial charge in [0.15, 0.2) is 0 Å². The molecule has 1 aliphatic heterocycles. The lowest BCUT2D eigenvalue weighted by Gasteiger charge is -2.52. The van der Waals surface area contributed by atoms with Gasteiger partial charge in [-0.2, -0.15) is 0 Å². The molecule has 144 valence electrons. The van der Waals surface area contributed by atoms with Crippen molar-refractivity contribution >= 4 is 27.9 Å². The third-order valence-electron chi connectivity index (χ3n) is 6.63. The summed E-state index contributed by atoms with van der Waals surface area (Å²) in [5.41, 5.74) is 4.77. The molecule has 1 saturated heterocycles. The van der Waals surface area contributed by atoms with Crippen molar-refractivity contribution in [3.05, 3.63) is 54.4 Å². The first-order valence-electron chi connectivity index (χ1n) is 10.0.